The molecule has 214 valence electrons. The highest BCUT2D eigenvalue weighted by Gasteiger charge is 2.38. The maximum Gasteiger partial charge on any atom is 0.419 e. The summed E-state index contributed by atoms with van der Waals surface area (Å²) >= 11 is 0. The zero-order chi connectivity index (χ0) is 29.0. The van der Waals surface area contributed by atoms with Crippen LogP contribution in [0.25, 0.3) is 10.5 Å². The lowest BCUT2D eigenvalue weighted by atomic mass is 9.73. The van der Waals surface area contributed by atoms with E-state index >= 15 is 0 Å². The number of esters is 1. The second-order valence-corrected chi connectivity index (χ2v) is 11.3. The van der Waals surface area contributed by atoms with Crippen LogP contribution in [0.15, 0.2) is 30.3 Å². The molecular formula is C31H41N5O4. The molecule has 0 spiro atoms. The molecule has 1 N–H and O–H groups in total. The van der Waals surface area contributed by atoms with Crippen LogP contribution in [-0.2, 0) is 4.74 Å². The topological polar surface area (TPSA) is 93.3 Å². The summed E-state index contributed by atoms with van der Waals surface area (Å²) in [5, 5.41) is 3.15. The van der Waals surface area contributed by atoms with Crippen molar-refractivity contribution in [3.8, 4) is 5.88 Å². The molecule has 0 bridgehead atoms. The number of rotatable bonds is 9. The molecule has 40 heavy (non-hydrogen) atoms. The number of nitrogens with zero attached hydrogens (tertiary/aromatic N) is 4. The molecule has 0 radical (unpaired) electrons. The quantitative estimate of drug-likeness (QED) is 0.218. The Bertz CT molecular complexity index is 1360. The zero-order valence-electron chi connectivity index (χ0n) is 24.4. The summed E-state index contributed by atoms with van der Waals surface area (Å²) in [6.45, 7) is 18.5. The highest BCUT2D eigenvalue weighted by Crippen LogP contribution is 2.41. The van der Waals surface area contributed by atoms with Crippen molar-refractivity contribution in [2.45, 2.75) is 85.2 Å². The third-order valence-corrected chi connectivity index (χ3v) is 8.27. The number of fused-ring (bicyclic) bond motifs is 1. The van der Waals surface area contributed by atoms with Crippen LogP contribution in [0.4, 0.5) is 16.2 Å². The lowest BCUT2D eigenvalue weighted by molar-refractivity contribution is -0.0277. The van der Waals surface area contributed by atoms with Gasteiger partial charge in [0.1, 0.15) is 17.5 Å². The summed E-state index contributed by atoms with van der Waals surface area (Å²) < 4.78 is 13.3. The number of carbonyl (C=O) groups excluding carboxylic acids is 2. The third-order valence-electron chi connectivity index (χ3n) is 8.27. The van der Waals surface area contributed by atoms with Crippen LogP contribution < -0.4 is 9.64 Å². The first-order valence-electron chi connectivity index (χ1n) is 14.4. The molecule has 3 aromatic rings. The predicted octanol–water partition coefficient (Wildman–Crippen LogP) is 7.76. The number of aromatic nitrogens is 3. The van der Waals surface area contributed by atoms with E-state index in [0.717, 1.165) is 19.3 Å². The number of amides is 1. The van der Waals surface area contributed by atoms with Gasteiger partial charge < -0.3 is 9.47 Å². The number of para-hydroxylation sites is 1. The van der Waals surface area contributed by atoms with E-state index < -0.39 is 12.1 Å². The summed E-state index contributed by atoms with van der Waals surface area (Å²) in [7, 11) is 1.59. The maximum atomic E-state index is 13.8. The predicted molar refractivity (Wildman–Crippen MR) is 155 cm³/mol. The standard InChI is InChI=1S/C31H41N5O4/c1-8-10-14-22-17-20(4)26(21(5)18-22)39-30(37)24-25(32-6)29(36-28(24)33-27(34-36)19(3)9-2)40-31(38)35(7)23-15-12-11-13-16-23/h11-13,15-16,19-22,26H,8-10,14,17-18H2,1-5,7H3,(H,33,34). The molecule has 2 heterocycles. The molecule has 9 nitrogen and oxygen atoms in total. The third kappa shape index (κ3) is 5.86. The van der Waals surface area contributed by atoms with Crippen molar-refractivity contribution in [3.63, 3.8) is 0 Å². The van der Waals surface area contributed by atoms with E-state index in [9.17, 15) is 9.59 Å². The molecule has 1 saturated carbocycles. The molecule has 0 aliphatic heterocycles. The van der Waals surface area contributed by atoms with E-state index in [0.29, 0.717) is 17.4 Å². The number of benzene rings is 1. The highest BCUT2D eigenvalue weighted by molar-refractivity contribution is 6.05. The summed E-state index contributed by atoms with van der Waals surface area (Å²) in [6.07, 6.45) is 5.48. The minimum atomic E-state index is -0.692. The van der Waals surface area contributed by atoms with Gasteiger partial charge in [-0.05, 0) is 49.1 Å². The number of hydrogen-bond donors (Lipinski definition) is 1. The summed E-state index contributed by atoms with van der Waals surface area (Å²) in [4.78, 5) is 36.6. The van der Waals surface area contributed by atoms with Gasteiger partial charge in [-0.2, -0.15) is 0 Å². The fourth-order valence-electron chi connectivity index (χ4n) is 5.82. The van der Waals surface area contributed by atoms with Crippen LogP contribution in [-0.4, -0.2) is 39.8 Å². The molecule has 1 aliphatic rings. The Balaban J connectivity index is 1.68. The van der Waals surface area contributed by atoms with Gasteiger partial charge in [-0.15, -0.1) is 0 Å². The Kier molecular flexibility index (Phi) is 9.18. The SMILES string of the molecule is [C-]#[N+]c1c(C(=O)OC2C(C)CC(CCCC)CC2C)c2nc(C(C)CC)[nH]n2c1OC(=O)N(C)c1ccccc1. The fraction of sp³-hybridized carbons (Fsp3) is 0.548. The number of carbonyl (C=O) groups is 2. The number of nitrogens with one attached hydrogen (secondary N) is 1. The van der Waals surface area contributed by atoms with Gasteiger partial charge in [0, 0.05) is 18.7 Å². The van der Waals surface area contributed by atoms with Gasteiger partial charge in [0.25, 0.3) is 5.69 Å². The number of anilines is 1. The normalized spacial score (nSPS) is 21.5. The van der Waals surface area contributed by atoms with Crippen LogP contribution in [0.2, 0.25) is 0 Å². The largest absolute Gasteiger partial charge is 0.459 e. The van der Waals surface area contributed by atoms with E-state index in [-0.39, 0.29) is 46.6 Å². The molecule has 1 aromatic carbocycles. The minimum absolute atomic E-state index is 0.0264. The van der Waals surface area contributed by atoms with Gasteiger partial charge in [-0.25, -0.2) is 23.9 Å². The minimum Gasteiger partial charge on any atom is -0.459 e. The first-order valence-corrected chi connectivity index (χ1v) is 14.4. The first kappa shape index (κ1) is 29.2. The van der Waals surface area contributed by atoms with E-state index in [2.05, 4.69) is 35.7 Å². The average Bonchev–Trinajstić information content (AvgIpc) is 3.50. The van der Waals surface area contributed by atoms with Crippen LogP contribution in [0, 0.1) is 24.3 Å². The van der Waals surface area contributed by atoms with Crippen molar-refractivity contribution >= 4 is 29.1 Å². The van der Waals surface area contributed by atoms with Crippen LogP contribution in [0.3, 0.4) is 0 Å². The number of aromatic amines is 1. The lowest BCUT2D eigenvalue weighted by Gasteiger charge is -2.38. The number of H-pyrrole nitrogens is 1. The molecular weight excluding hydrogens is 506 g/mol. The molecule has 1 aliphatic carbocycles. The second kappa shape index (κ2) is 12.6. The van der Waals surface area contributed by atoms with Crippen LogP contribution >= 0.6 is 0 Å². The molecule has 2 aromatic heterocycles. The second-order valence-electron chi connectivity index (χ2n) is 11.3. The molecule has 4 rings (SSSR count). The van der Waals surface area contributed by atoms with Gasteiger partial charge in [0.05, 0.1) is 6.57 Å². The number of ether oxygens (including phenoxy) is 2. The van der Waals surface area contributed by atoms with Crippen molar-refractivity contribution in [2.24, 2.45) is 17.8 Å². The van der Waals surface area contributed by atoms with Crippen LogP contribution in [0.5, 0.6) is 5.88 Å². The molecule has 1 amide bonds. The van der Waals surface area contributed by atoms with E-state index in [1.807, 2.05) is 32.0 Å². The van der Waals surface area contributed by atoms with Crippen molar-refractivity contribution in [2.75, 3.05) is 11.9 Å². The first-order chi connectivity index (χ1) is 19.2. The maximum absolute atomic E-state index is 13.8. The summed E-state index contributed by atoms with van der Waals surface area (Å²) in [5.74, 6) is 1.06. The smallest absolute Gasteiger partial charge is 0.419 e. The summed E-state index contributed by atoms with van der Waals surface area (Å²) in [5.41, 5.74) is 0.796. The number of unbranched alkanes of at least 4 members (excludes halogenated alkanes) is 1. The monoisotopic (exact) mass is 547 g/mol. The van der Waals surface area contributed by atoms with Crippen molar-refractivity contribution in [1.29, 1.82) is 0 Å². The molecule has 3 unspecified atom stereocenters. The Hall–Kier alpha value is -3.80. The molecule has 9 heteroatoms. The molecule has 0 saturated heterocycles. The molecule has 3 atom stereocenters. The number of hydrogen-bond acceptors (Lipinski definition) is 5. The van der Waals surface area contributed by atoms with Crippen LogP contribution in [0.1, 0.15) is 95.2 Å². The van der Waals surface area contributed by atoms with Gasteiger partial charge in [0.15, 0.2) is 5.65 Å². The zero-order valence-corrected chi connectivity index (χ0v) is 24.4. The van der Waals surface area contributed by atoms with Crippen molar-refractivity contribution in [1.82, 2.24) is 14.6 Å². The Morgan fingerprint density at radius 1 is 1.20 bits per heavy atom. The van der Waals surface area contributed by atoms with E-state index in [4.69, 9.17) is 16.0 Å². The van der Waals surface area contributed by atoms with Gasteiger partial charge in [-0.3, -0.25) is 10.00 Å². The lowest BCUT2D eigenvalue weighted by Crippen LogP contribution is -2.38. The van der Waals surface area contributed by atoms with E-state index in [1.165, 1.54) is 28.7 Å². The average molecular weight is 548 g/mol. The summed E-state index contributed by atoms with van der Waals surface area (Å²) in [6, 6.07) is 9.06. The Morgan fingerprint density at radius 3 is 2.48 bits per heavy atom. The van der Waals surface area contributed by atoms with Crippen molar-refractivity contribution in [3.05, 3.63) is 53.1 Å². The highest BCUT2D eigenvalue weighted by atomic mass is 16.6. The van der Waals surface area contributed by atoms with Gasteiger partial charge in [0.2, 0.25) is 5.88 Å². The van der Waals surface area contributed by atoms with Crippen molar-refractivity contribution < 1.29 is 19.1 Å². The fourth-order valence-corrected chi connectivity index (χ4v) is 5.82. The van der Waals surface area contributed by atoms with Gasteiger partial charge in [-0.1, -0.05) is 72.1 Å². The Labute approximate surface area is 236 Å². The molecule has 1 fully saturated rings. The van der Waals surface area contributed by atoms with Gasteiger partial charge >= 0.3 is 12.1 Å². The van der Waals surface area contributed by atoms with E-state index in [1.54, 1.807) is 19.2 Å². The Morgan fingerprint density at radius 2 is 1.88 bits per heavy atom.